The highest BCUT2D eigenvalue weighted by Crippen LogP contribution is 2.24. The van der Waals surface area contributed by atoms with Gasteiger partial charge in [0.2, 0.25) is 5.43 Å². The number of fused-ring (bicyclic) bond motifs is 1. The minimum Gasteiger partial charge on any atom is -0.477 e. The number of hydrogen-bond acceptors (Lipinski definition) is 4. The van der Waals surface area contributed by atoms with Gasteiger partial charge in [-0.15, -0.1) is 0 Å². The number of carboxylic acid groups (broad SMARTS) is 1. The number of hydrogen-bond donors (Lipinski definition) is 3. The fourth-order valence-electron chi connectivity index (χ4n) is 2.56. The molecule has 0 fully saturated rings. The normalized spacial score (nSPS) is 10.7. The van der Waals surface area contributed by atoms with Crippen LogP contribution in [0.4, 0.5) is 5.82 Å². The quantitative estimate of drug-likeness (QED) is 0.691. The Morgan fingerprint density at radius 1 is 1.26 bits per heavy atom. The van der Waals surface area contributed by atoms with Crippen LogP contribution < -0.4 is 10.7 Å². The largest absolute Gasteiger partial charge is 0.477 e. The molecule has 3 aromatic rings. The zero-order chi connectivity index (χ0) is 16.6. The predicted octanol–water partition coefficient (Wildman–Crippen LogP) is 2.64. The standard InChI is InChI=1S/C17H15N3O3/c1-9-5-11(7-20-16(9)18-2)10-3-4-12-14(6-10)19-8-13(15(12)21)17(22)23/h3-8H,1-2H3,(H,18,20)(H,19,21)(H,22,23). The molecule has 0 radical (unpaired) electrons. The van der Waals surface area contributed by atoms with Gasteiger partial charge >= 0.3 is 5.97 Å². The summed E-state index contributed by atoms with van der Waals surface area (Å²) >= 11 is 0. The number of aromatic carboxylic acids is 1. The SMILES string of the molecule is CNc1ncc(-c2ccc3c(=O)c(C(=O)O)c[nH]c3c2)cc1C. The number of pyridine rings is 2. The molecule has 0 aliphatic rings. The highest BCUT2D eigenvalue weighted by molar-refractivity contribution is 5.93. The molecule has 6 nitrogen and oxygen atoms in total. The Hall–Kier alpha value is -3.15. The number of aromatic amines is 1. The number of H-pyrrole nitrogens is 1. The fraction of sp³-hybridized carbons (Fsp3) is 0.118. The Kier molecular flexibility index (Phi) is 3.57. The van der Waals surface area contributed by atoms with E-state index in [-0.39, 0.29) is 5.56 Å². The number of aromatic nitrogens is 2. The van der Waals surface area contributed by atoms with Gasteiger partial charge < -0.3 is 15.4 Å². The first-order valence-corrected chi connectivity index (χ1v) is 7.05. The van der Waals surface area contributed by atoms with Crippen LogP contribution in [-0.2, 0) is 0 Å². The van der Waals surface area contributed by atoms with E-state index in [0.717, 1.165) is 22.5 Å². The van der Waals surface area contributed by atoms with Gasteiger partial charge in [0.15, 0.2) is 0 Å². The third-order valence-corrected chi connectivity index (χ3v) is 3.76. The molecular formula is C17H15N3O3. The summed E-state index contributed by atoms with van der Waals surface area (Å²) in [5.41, 5.74) is 2.67. The molecule has 0 amide bonds. The summed E-state index contributed by atoms with van der Waals surface area (Å²) < 4.78 is 0. The molecule has 0 unspecified atom stereocenters. The molecule has 23 heavy (non-hydrogen) atoms. The van der Waals surface area contributed by atoms with Gasteiger partial charge in [-0.1, -0.05) is 6.07 Å². The van der Waals surface area contributed by atoms with Crippen LogP contribution in [0.5, 0.6) is 0 Å². The first-order valence-electron chi connectivity index (χ1n) is 7.05. The van der Waals surface area contributed by atoms with E-state index in [1.165, 1.54) is 6.20 Å². The van der Waals surface area contributed by atoms with Gasteiger partial charge in [-0.05, 0) is 36.2 Å². The summed E-state index contributed by atoms with van der Waals surface area (Å²) in [6.45, 7) is 1.96. The number of nitrogens with zero attached hydrogens (tertiary/aromatic N) is 1. The summed E-state index contributed by atoms with van der Waals surface area (Å²) in [6, 6.07) is 7.25. The van der Waals surface area contributed by atoms with Crippen molar-refractivity contribution in [3.05, 3.63) is 58.0 Å². The van der Waals surface area contributed by atoms with Gasteiger partial charge in [0.05, 0.1) is 0 Å². The number of anilines is 1. The lowest BCUT2D eigenvalue weighted by atomic mass is 10.0. The van der Waals surface area contributed by atoms with Crippen LogP contribution in [0.3, 0.4) is 0 Å². The van der Waals surface area contributed by atoms with E-state index in [0.29, 0.717) is 10.9 Å². The second-order valence-electron chi connectivity index (χ2n) is 5.24. The third-order valence-electron chi connectivity index (χ3n) is 3.76. The smallest absolute Gasteiger partial charge is 0.341 e. The number of nitrogens with one attached hydrogen (secondary N) is 2. The second-order valence-corrected chi connectivity index (χ2v) is 5.24. The number of aryl methyl sites for hydroxylation is 1. The van der Waals surface area contributed by atoms with Gasteiger partial charge in [0, 0.05) is 35.9 Å². The zero-order valence-electron chi connectivity index (χ0n) is 12.7. The summed E-state index contributed by atoms with van der Waals surface area (Å²) in [4.78, 5) is 30.4. The van der Waals surface area contributed by atoms with Crippen molar-refractivity contribution in [2.24, 2.45) is 0 Å². The molecule has 116 valence electrons. The van der Waals surface area contributed by atoms with E-state index in [4.69, 9.17) is 5.11 Å². The van der Waals surface area contributed by atoms with Crippen molar-refractivity contribution in [2.75, 3.05) is 12.4 Å². The highest BCUT2D eigenvalue weighted by Gasteiger charge is 2.12. The van der Waals surface area contributed by atoms with Crippen LogP contribution in [-0.4, -0.2) is 28.1 Å². The van der Waals surface area contributed by atoms with Crippen LogP contribution in [0.2, 0.25) is 0 Å². The first-order chi connectivity index (χ1) is 11.0. The maximum atomic E-state index is 12.1. The van der Waals surface area contributed by atoms with E-state index in [2.05, 4.69) is 15.3 Å². The topological polar surface area (TPSA) is 95.1 Å². The monoisotopic (exact) mass is 309 g/mol. The molecule has 0 saturated heterocycles. The molecule has 1 aromatic carbocycles. The summed E-state index contributed by atoms with van der Waals surface area (Å²) in [5, 5.41) is 12.4. The summed E-state index contributed by atoms with van der Waals surface area (Å²) in [7, 11) is 1.82. The molecule has 0 saturated carbocycles. The molecular weight excluding hydrogens is 294 g/mol. The van der Waals surface area contributed by atoms with E-state index < -0.39 is 11.4 Å². The third kappa shape index (κ3) is 2.55. The van der Waals surface area contributed by atoms with Crippen LogP contribution in [0.1, 0.15) is 15.9 Å². The van der Waals surface area contributed by atoms with Gasteiger partial charge in [-0.2, -0.15) is 0 Å². The number of carbonyl (C=O) groups is 1. The van der Waals surface area contributed by atoms with Crippen molar-refractivity contribution in [3.8, 4) is 11.1 Å². The van der Waals surface area contributed by atoms with Crippen molar-refractivity contribution >= 4 is 22.7 Å². The van der Waals surface area contributed by atoms with Gasteiger partial charge in [0.25, 0.3) is 0 Å². The maximum Gasteiger partial charge on any atom is 0.341 e. The highest BCUT2D eigenvalue weighted by atomic mass is 16.4. The van der Waals surface area contributed by atoms with Gasteiger partial charge in [-0.25, -0.2) is 9.78 Å². The van der Waals surface area contributed by atoms with Gasteiger partial charge in [-0.3, -0.25) is 4.79 Å². The molecule has 6 heteroatoms. The zero-order valence-corrected chi connectivity index (χ0v) is 12.7. The number of rotatable bonds is 3. The van der Waals surface area contributed by atoms with Crippen LogP contribution in [0.25, 0.3) is 22.0 Å². The van der Waals surface area contributed by atoms with Crippen molar-refractivity contribution in [3.63, 3.8) is 0 Å². The number of benzene rings is 1. The van der Waals surface area contributed by atoms with Crippen LogP contribution in [0.15, 0.2) is 41.5 Å². The van der Waals surface area contributed by atoms with Crippen LogP contribution in [0, 0.1) is 6.92 Å². The summed E-state index contributed by atoms with van der Waals surface area (Å²) in [6.07, 6.45) is 2.98. The molecule has 0 bridgehead atoms. The lowest BCUT2D eigenvalue weighted by Gasteiger charge is -2.08. The molecule has 0 aliphatic carbocycles. The lowest BCUT2D eigenvalue weighted by Crippen LogP contribution is -2.15. The maximum absolute atomic E-state index is 12.1. The van der Waals surface area contributed by atoms with Crippen molar-refractivity contribution in [1.82, 2.24) is 9.97 Å². The molecule has 3 N–H and O–H groups in total. The Morgan fingerprint density at radius 3 is 2.70 bits per heavy atom. The Bertz CT molecular complexity index is 976. The Labute approximate surface area is 131 Å². The molecule has 3 rings (SSSR count). The minimum absolute atomic E-state index is 0.263. The first kappa shape index (κ1) is 14.8. The van der Waals surface area contributed by atoms with Crippen molar-refractivity contribution < 1.29 is 9.90 Å². The van der Waals surface area contributed by atoms with Gasteiger partial charge in [0.1, 0.15) is 11.4 Å². The lowest BCUT2D eigenvalue weighted by molar-refractivity contribution is 0.0695. The van der Waals surface area contributed by atoms with Crippen LogP contribution >= 0.6 is 0 Å². The van der Waals surface area contributed by atoms with Crippen molar-refractivity contribution in [2.45, 2.75) is 6.92 Å². The summed E-state index contributed by atoms with van der Waals surface area (Å²) in [5.74, 6) is -0.422. The fourth-order valence-corrected chi connectivity index (χ4v) is 2.56. The van der Waals surface area contributed by atoms with E-state index in [9.17, 15) is 9.59 Å². The average Bonchev–Trinajstić information content (AvgIpc) is 2.54. The average molecular weight is 309 g/mol. The molecule has 0 spiro atoms. The predicted molar refractivity (Wildman–Crippen MR) is 89.0 cm³/mol. The molecule has 0 atom stereocenters. The molecule has 0 aliphatic heterocycles. The minimum atomic E-state index is -1.24. The molecule has 2 aromatic heterocycles. The van der Waals surface area contributed by atoms with Crippen molar-refractivity contribution in [1.29, 1.82) is 0 Å². The molecule has 2 heterocycles. The Balaban J connectivity index is 2.14. The Morgan fingerprint density at radius 2 is 2.04 bits per heavy atom. The van der Waals surface area contributed by atoms with E-state index >= 15 is 0 Å². The second kappa shape index (κ2) is 5.57. The number of carboxylic acids is 1. The van der Waals surface area contributed by atoms with E-state index in [1.807, 2.05) is 26.1 Å². The van der Waals surface area contributed by atoms with E-state index in [1.54, 1.807) is 18.3 Å².